The van der Waals surface area contributed by atoms with Crippen LogP contribution in [-0.2, 0) is 10.0 Å². The minimum Gasteiger partial charge on any atom is -0.348 e. The van der Waals surface area contributed by atoms with E-state index in [1.165, 1.54) is 18.6 Å². The number of fused-ring (bicyclic) bond motifs is 1. The molecule has 1 aliphatic heterocycles. The third-order valence-corrected chi connectivity index (χ3v) is 8.23. The zero-order valence-electron chi connectivity index (χ0n) is 17.3. The van der Waals surface area contributed by atoms with Crippen LogP contribution in [0.25, 0.3) is 22.2 Å². The molecule has 0 radical (unpaired) electrons. The van der Waals surface area contributed by atoms with Crippen molar-refractivity contribution in [1.29, 1.82) is 0 Å². The minimum absolute atomic E-state index is 0.0193. The van der Waals surface area contributed by atoms with E-state index in [0.717, 1.165) is 29.5 Å². The van der Waals surface area contributed by atoms with Crippen LogP contribution in [-0.4, -0.2) is 36.3 Å². The number of rotatable bonds is 6. The molecule has 3 aromatic rings. The molecule has 1 fully saturated rings. The monoisotopic (exact) mass is 468 g/mol. The summed E-state index contributed by atoms with van der Waals surface area (Å²) >= 11 is 1.79. The lowest BCUT2D eigenvalue weighted by atomic mass is 9.75. The Labute approximate surface area is 190 Å². The van der Waals surface area contributed by atoms with Gasteiger partial charge in [-0.3, -0.25) is 9.89 Å². The summed E-state index contributed by atoms with van der Waals surface area (Å²) in [6.45, 7) is 0. The predicted molar refractivity (Wildman–Crippen MR) is 127 cm³/mol. The van der Waals surface area contributed by atoms with Gasteiger partial charge in [-0.1, -0.05) is 24.6 Å². The molecule has 9 heteroatoms. The lowest BCUT2D eigenvalue weighted by molar-refractivity contribution is 0.0882. The Bertz CT molecular complexity index is 1310. The Hall–Kier alpha value is -2.62. The average Bonchev–Trinajstić information content (AvgIpc) is 3.41. The quantitative estimate of drug-likeness (QED) is 0.510. The van der Waals surface area contributed by atoms with Gasteiger partial charge in [-0.15, -0.1) is 11.8 Å². The topological polar surface area (TPSA) is 118 Å². The van der Waals surface area contributed by atoms with Crippen molar-refractivity contribution >= 4 is 38.6 Å². The molecule has 4 N–H and O–H groups in total. The van der Waals surface area contributed by atoms with Crippen molar-refractivity contribution in [2.45, 2.75) is 30.2 Å². The van der Waals surface area contributed by atoms with Gasteiger partial charge in [0, 0.05) is 34.2 Å². The molecule has 32 heavy (non-hydrogen) atoms. The van der Waals surface area contributed by atoms with E-state index in [-0.39, 0.29) is 16.8 Å². The van der Waals surface area contributed by atoms with Gasteiger partial charge in [0.15, 0.2) is 0 Å². The Morgan fingerprint density at radius 2 is 2.06 bits per heavy atom. The number of aromatic amines is 1. The largest absolute Gasteiger partial charge is 0.348 e. The molecule has 1 aliphatic carbocycles. The maximum atomic E-state index is 13.2. The Morgan fingerprint density at radius 3 is 2.75 bits per heavy atom. The number of sulfonamides is 1. The summed E-state index contributed by atoms with van der Waals surface area (Å²) in [5.41, 5.74) is 2.51. The number of thioether (sulfide) groups is 1. The van der Waals surface area contributed by atoms with E-state index in [0.29, 0.717) is 28.7 Å². The van der Waals surface area contributed by atoms with Crippen molar-refractivity contribution in [3.63, 3.8) is 0 Å². The highest BCUT2D eigenvalue weighted by atomic mass is 32.2. The molecule has 2 heterocycles. The molecule has 1 aromatic heterocycles. The standard InChI is InChI=1S/C23H24N4O3S2/c24-32(29,30)18-6-2-5-15(11-18)22-19-12-16(7-8-20(19)26-27-22)23(28)25-21(14-3-1-4-14)17-9-10-31-13-17/h2,5-12,14,17,21H,1,3-4,13H2,(H,25,28)(H,26,27)(H2,24,29,30). The van der Waals surface area contributed by atoms with Gasteiger partial charge in [-0.05, 0) is 54.5 Å². The van der Waals surface area contributed by atoms with Gasteiger partial charge in [0.25, 0.3) is 5.91 Å². The number of carbonyl (C=O) groups is 1. The summed E-state index contributed by atoms with van der Waals surface area (Å²) in [5, 5.41) is 18.8. The number of nitrogens with one attached hydrogen (secondary N) is 2. The average molecular weight is 469 g/mol. The summed E-state index contributed by atoms with van der Waals surface area (Å²) in [6.07, 6.45) is 5.75. The first-order valence-corrected chi connectivity index (χ1v) is 13.2. The Morgan fingerprint density at radius 1 is 1.22 bits per heavy atom. The molecule has 1 saturated carbocycles. The van der Waals surface area contributed by atoms with E-state index < -0.39 is 10.0 Å². The van der Waals surface area contributed by atoms with Gasteiger partial charge < -0.3 is 5.32 Å². The first-order chi connectivity index (χ1) is 15.4. The number of nitrogens with two attached hydrogens (primary N) is 1. The summed E-state index contributed by atoms with van der Waals surface area (Å²) < 4.78 is 23.5. The number of hydrogen-bond donors (Lipinski definition) is 3. The third kappa shape index (κ3) is 4.07. The Balaban J connectivity index is 1.46. The van der Waals surface area contributed by atoms with Gasteiger partial charge in [0.05, 0.1) is 16.1 Å². The number of aromatic nitrogens is 2. The van der Waals surface area contributed by atoms with Crippen LogP contribution in [0.3, 0.4) is 0 Å². The van der Waals surface area contributed by atoms with Crippen molar-refractivity contribution in [3.05, 3.63) is 59.5 Å². The number of benzene rings is 2. The van der Waals surface area contributed by atoms with Gasteiger partial charge in [-0.25, -0.2) is 13.6 Å². The molecule has 0 saturated heterocycles. The fourth-order valence-corrected chi connectivity index (χ4v) is 5.93. The van der Waals surface area contributed by atoms with Crippen LogP contribution in [0.4, 0.5) is 0 Å². The second-order valence-corrected chi connectivity index (χ2v) is 10.9. The molecule has 2 unspecified atom stereocenters. The first kappa shape index (κ1) is 21.2. The Kier molecular flexibility index (Phi) is 5.56. The molecule has 0 spiro atoms. The summed E-state index contributed by atoms with van der Waals surface area (Å²) in [4.78, 5) is 13.2. The highest BCUT2D eigenvalue weighted by Crippen LogP contribution is 2.37. The van der Waals surface area contributed by atoms with Crippen LogP contribution in [0.1, 0.15) is 29.6 Å². The van der Waals surface area contributed by atoms with Crippen molar-refractivity contribution in [2.75, 3.05) is 5.75 Å². The lowest BCUT2D eigenvalue weighted by Crippen LogP contribution is -2.47. The summed E-state index contributed by atoms with van der Waals surface area (Å²) in [5.74, 6) is 1.80. The molecule has 2 aromatic carbocycles. The second kappa shape index (κ2) is 8.38. The van der Waals surface area contributed by atoms with Crippen LogP contribution in [0, 0.1) is 11.8 Å². The maximum absolute atomic E-state index is 13.2. The van der Waals surface area contributed by atoms with Gasteiger partial charge in [-0.2, -0.15) is 5.10 Å². The zero-order valence-corrected chi connectivity index (χ0v) is 19.0. The minimum atomic E-state index is -3.83. The molecule has 2 atom stereocenters. The van der Waals surface area contributed by atoms with Gasteiger partial charge in [0.2, 0.25) is 10.0 Å². The number of primary sulfonamides is 1. The fourth-order valence-electron chi connectivity index (χ4n) is 4.41. The van der Waals surface area contributed by atoms with Gasteiger partial charge >= 0.3 is 0 Å². The molecule has 0 bridgehead atoms. The fraction of sp³-hybridized carbons (Fsp3) is 0.304. The molecule has 166 valence electrons. The number of hydrogen-bond acceptors (Lipinski definition) is 5. The van der Waals surface area contributed by atoms with Crippen LogP contribution in [0.15, 0.2) is 58.8 Å². The smallest absolute Gasteiger partial charge is 0.251 e. The molecule has 7 nitrogen and oxygen atoms in total. The van der Waals surface area contributed by atoms with E-state index >= 15 is 0 Å². The number of carbonyl (C=O) groups excluding carboxylic acids is 1. The third-order valence-electron chi connectivity index (χ3n) is 6.39. The van der Waals surface area contributed by atoms with E-state index in [9.17, 15) is 13.2 Å². The highest BCUT2D eigenvalue weighted by molar-refractivity contribution is 8.02. The van der Waals surface area contributed by atoms with Gasteiger partial charge in [0.1, 0.15) is 0 Å². The normalized spacial score (nSPS) is 19.7. The van der Waals surface area contributed by atoms with E-state index in [2.05, 4.69) is 27.0 Å². The summed E-state index contributed by atoms with van der Waals surface area (Å²) in [6, 6.07) is 11.9. The first-order valence-electron chi connectivity index (χ1n) is 10.6. The summed E-state index contributed by atoms with van der Waals surface area (Å²) in [7, 11) is -3.83. The number of H-pyrrole nitrogens is 1. The maximum Gasteiger partial charge on any atom is 0.251 e. The number of amides is 1. The highest BCUT2D eigenvalue weighted by Gasteiger charge is 2.34. The van der Waals surface area contributed by atoms with Crippen molar-refractivity contribution < 1.29 is 13.2 Å². The van der Waals surface area contributed by atoms with Crippen molar-refractivity contribution in [3.8, 4) is 11.3 Å². The van der Waals surface area contributed by atoms with Crippen LogP contribution in [0.2, 0.25) is 0 Å². The zero-order chi connectivity index (χ0) is 22.3. The molecular formula is C23H24N4O3S2. The van der Waals surface area contributed by atoms with Crippen molar-refractivity contribution in [1.82, 2.24) is 15.5 Å². The van der Waals surface area contributed by atoms with Crippen LogP contribution >= 0.6 is 11.8 Å². The molecule has 1 amide bonds. The van der Waals surface area contributed by atoms with E-state index in [1.807, 2.05) is 12.1 Å². The second-order valence-electron chi connectivity index (χ2n) is 8.42. The van der Waals surface area contributed by atoms with Crippen LogP contribution in [0.5, 0.6) is 0 Å². The molecule has 2 aliphatic rings. The van der Waals surface area contributed by atoms with Crippen LogP contribution < -0.4 is 10.5 Å². The van der Waals surface area contributed by atoms with Crippen molar-refractivity contribution in [2.24, 2.45) is 17.0 Å². The predicted octanol–water partition coefficient (Wildman–Crippen LogP) is 3.65. The van der Waals surface area contributed by atoms with E-state index in [1.54, 1.807) is 30.0 Å². The number of nitrogens with zero attached hydrogens (tertiary/aromatic N) is 1. The van der Waals surface area contributed by atoms with E-state index in [4.69, 9.17) is 5.14 Å². The molecule has 5 rings (SSSR count). The lowest BCUT2D eigenvalue weighted by Gasteiger charge is -2.37. The molecular weight excluding hydrogens is 444 g/mol. The SMILES string of the molecule is NS(=O)(=O)c1cccc(-c2n[nH]c3ccc(C(=O)NC(C4C=CSC4)C4CCC4)cc23)c1.